The number of methoxy groups -OCH3 is 1. The topological polar surface area (TPSA) is 78.9 Å². The molecular formula is C26H25N5O3S. The number of carbonyl (C=O) groups is 2. The first kappa shape index (κ1) is 22.9. The molecule has 2 aliphatic rings. The molecule has 2 aromatic carbocycles. The van der Waals surface area contributed by atoms with Crippen molar-refractivity contribution in [1.82, 2.24) is 14.9 Å². The molecule has 35 heavy (non-hydrogen) atoms. The molecule has 5 rings (SSSR count). The molecule has 1 aromatic heterocycles. The van der Waals surface area contributed by atoms with E-state index in [0.717, 1.165) is 21.9 Å². The van der Waals surface area contributed by atoms with Gasteiger partial charge in [-0.2, -0.15) is 0 Å². The Kier molecular flexibility index (Phi) is 6.41. The fraction of sp³-hybridized carbons (Fsp3) is 0.231. The minimum Gasteiger partial charge on any atom is -0.497 e. The number of carbonyl (C=O) groups excluding carboxylic acids is 2. The predicted octanol–water partition coefficient (Wildman–Crippen LogP) is 3.56. The molecule has 0 bridgehead atoms. The van der Waals surface area contributed by atoms with Crippen LogP contribution in [0, 0.1) is 0 Å². The average Bonchev–Trinajstić information content (AvgIpc) is 2.92. The highest BCUT2D eigenvalue weighted by Gasteiger charge is 2.29. The molecule has 0 unspecified atom stereocenters. The molecule has 0 atom stereocenters. The second-order valence-corrected chi connectivity index (χ2v) is 9.34. The van der Waals surface area contributed by atoms with Crippen molar-refractivity contribution in [2.24, 2.45) is 0 Å². The van der Waals surface area contributed by atoms with Gasteiger partial charge in [0.2, 0.25) is 5.95 Å². The number of anilines is 2. The van der Waals surface area contributed by atoms with E-state index in [1.807, 2.05) is 53.4 Å². The van der Waals surface area contributed by atoms with E-state index in [1.54, 1.807) is 37.5 Å². The lowest BCUT2D eigenvalue weighted by Gasteiger charge is -2.35. The maximum atomic E-state index is 13.2. The summed E-state index contributed by atoms with van der Waals surface area (Å²) in [7, 11) is 3.37. The van der Waals surface area contributed by atoms with Crippen LogP contribution in [0.1, 0.15) is 15.9 Å². The second-order valence-electron chi connectivity index (χ2n) is 8.26. The van der Waals surface area contributed by atoms with Crippen molar-refractivity contribution in [3.8, 4) is 5.75 Å². The van der Waals surface area contributed by atoms with Crippen molar-refractivity contribution in [2.75, 3.05) is 50.1 Å². The highest BCUT2D eigenvalue weighted by molar-refractivity contribution is 8.04. The minimum absolute atomic E-state index is 0.0353. The lowest BCUT2D eigenvalue weighted by molar-refractivity contribution is -0.114. The Balaban J connectivity index is 1.30. The van der Waals surface area contributed by atoms with Gasteiger partial charge in [0.1, 0.15) is 5.75 Å². The molecule has 0 aliphatic carbocycles. The second kappa shape index (κ2) is 9.79. The van der Waals surface area contributed by atoms with Gasteiger partial charge in [-0.3, -0.25) is 9.59 Å². The molecule has 0 spiro atoms. The van der Waals surface area contributed by atoms with Crippen molar-refractivity contribution in [3.05, 3.63) is 77.0 Å². The van der Waals surface area contributed by atoms with Crippen LogP contribution in [-0.2, 0) is 4.79 Å². The van der Waals surface area contributed by atoms with Gasteiger partial charge in [-0.05, 0) is 48.0 Å². The number of piperazine rings is 1. The van der Waals surface area contributed by atoms with E-state index in [-0.39, 0.29) is 11.8 Å². The molecule has 0 saturated carbocycles. The van der Waals surface area contributed by atoms with Gasteiger partial charge in [0.15, 0.2) is 0 Å². The van der Waals surface area contributed by atoms with Crippen LogP contribution in [-0.4, -0.2) is 67.0 Å². The standard InChI is InChI=1S/C26H25N5O3S/c1-29-21-17-19(24(32)30-12-14-31(15-13-30)26-27-10-3-11-28-26)6-9-22(21)35-23(25(29)33)16-18-4-7-20(34-2)8-5-18/h3-11,16-17H,12-15H2,1-2H3. The summed E-state index contributed by atoms with van der Waals surface area (Å²) in [4.78, 5) is 42.0. The number of benzene rings is 2. The first-order valence-electron chi connectivity index (χ1n) is 11.3. The van der Waals surface area contributed by atoms with E-state index in [4.69, 9.17) is 4.74 Å². The fourth-order valence-corrected chi connectivity index (χ4v) is 5.22. The van der Waals surface area contributed by atoms with E-state index in [1.165, 1.54) is 11.8 Å². The Morgan fingerprint density at radius 1 is 1.03 bits per heavy atom. The van der Waals surface area contributed by atoms with Gasteiger partial charge in [-0.25, -0.2) is 9.97 Å². The van der Waals surface area contributed by atoms with Crippen LogP contribution >= 0.6 is 11.8 Å². The predicted molar refractivity (Wildman–Crippen MR) is 137 cm³/mol. The van der Waals surface area contributed by atoms with Gasteiger partial charge in [0.05, 0.1) is 17.7 Å². The van der Waals surface area contributed by atoms with Crippen LogP contribution in [0.5, 0.6) is 5.75 Å². The number of hydrogen-bond donors (Lipinski definition) is 0. The van der Waals surface area contributed by atoms with E-state index >= 15 is 0 Å². The van der Waals surface area contributed by atoms with E-state index in [0.29, 0.717) is 42.6 Å². The molecule has 9 heteroatoms. The van der Waals surface area contributed by atoms with Crippen LogP contribution in [0.15, 0.2) is 70.7 Å². The molecule has 3 aromatic rings. The van der Waals surface area contributed by atoms with Gasteiger partial charge in [-0.15, -0.1) is 0 Å². The molecule has 2 amide bonds. The van der Waals surface area contributed by atoms with Crippen molar-refractivity contribution < 1.29 is 14.3 Å². The zero-order valence-corrected chi connectivity index (χ0v) is 20.4. The molecule has 3 heterocycles. The summed E-state index contributed by atoms with van der Waals surface area (Å²) in [5.74, 6) is 1.32. The summed E-state index contributed by atoms with van der Waals surface area (Å²) in [5.41, 5.74) is 2.25. The van der Waals surface area contributed by atoms with E-state index in [2.05, 4.69) is 14.9 Å². The summed E-state index contributed by atoms with van der Waals surface area (Å²) >= 11 is 1.42. The maximum absolute atomic E-state index is 13.2. The number of fused-ring (bicyclic) bond motifs is 1. The highest BCUT2D eigenvalue weighted by atomic mass is 32.2. The zero-order valence-electron chi connectivity index (χ0n) is 19.5. The Hall–Kier alpha value is -3.85. The van der Waals surface area contributed by atoms with Crippen molar-refractivity contribution in [2.45, 2.75) is 4.90 Å². The lowest BCUT2D eigenvalue weighted by atomic mass is 10.1. The van der Waals surface area contributed by atoms with Crippen LogP contribution in [0.4, 0.5) is 11.6 Å². The Labute approximate surface area is 208 Å². The van der Waals surface area contributed by atoms with E-state index < -0.39 is 0 Å². The van der Waals surface area contributed by atoms with E-state index in [9.17, 15) is 9.59 Å². The Bertz CT molecular complexity index is 1270. The van der Waals surface area contributed by atoms with Gasteiger partial charge in [0, 0.05) is 56.1 Å². The number of likely N-dealkylation sites (N-methyl/N-ethyl adjacent to an activating group) is 1. The molecule has 2 aliphatic heterocycles. The van der Waals surface area contributed by atoms with Crippen LogP contribution < -0.4 is 14.5 Å². The molecule has 178 valence electrons. The van der Waals surface area contributed by atoms with Crippen LogP contribution in [0.25, 0.3) is 6.08 Å². The first-order valence-corrected chi connectivity index (χ1v) is 12.1. The third-order valence-electron chi connectivity index (χ3n) is 6.12. The SMILES string of the molecule is COc1ccc(C=C2Sc3ccc(C(=O)N4CCN(c5ncccn5)CC4)cc3N(C)C2=O)cc1. The minimum atomic E-state index is -0.0978. The quantitative estimate of drug-likeness (QED) is 0.521. The third kappa shape index (κ3) is 4.72. The lowest BCUT2D eigenvalue weighted by Crippen LogP contribution is -2.49. The average molecular weight is 488 g/mol. The number of amides is 2. The van der Waals surface area contributed by atoms with Crippen LogP contribution in [0.3, 0.4) is 0 Å². The fourth-order valence-electron chi connectivity index (χ4n) is 4.12. The molecule has 1 saturated heterocycles. The number of hydrogen-bond acceptors (Lipinski definition) is 7. The first-order chi connectivity index (χ1) is 17.0. The molecule has 0 radical (unpaired) electrons. The Morgan fingerprint density at radius 2 is 1.74 bits per heavy atom. The summed E-state index contributed by atoms with van der Waals surface area (Å²) in [6, 6.07) is 14.9. The van der Waals surface area contributed by atoms with Gasteiger partial charge in [-0.1, -0.05) is 23.9 Å². The van der Waals surface area contributed by atoms with Gasteiger partial charge < -0.3 is 19.4 Å². The van der Waals surface area contributed by atoms with Gasteiger partial charge >= 0.3 is 0 Å². The smallest absolute Gasteiger partial charge is 0.264 e. The molecule has 8 nitrogen and oxygen atoms in total. The summed E-state index contributed by atoms with van der Waals surface area (Å²) < 4.78 is 5.20. The number of nitrogens with zero attached hydrogens (tertiary/aromatic N) is 5. The largest absolute Gasteiger partial charge is 0.497 e. The number of rotatable bonds is 4. The monoisotopic (exact) mass is 487 g/mol. The highest BCUT2D eigenvalue weighted by Crippen LogP contribution is 2.42. The molecular weight excluding hydrogens is 462 g/mol. The third-order valence-corrected chi connectivity index (χ3v) is 7.20. The molecule has 1 fully saturated rings. The number of ether oxygens (including phenoxy) is 1. The van der Waals surface area contributed by atoms with Crippen LogP contribution in [0.2, 0.25) is 0 Å². The summed E-state index contributed by atoms with van der Waals surface area (Å²) in [6.07, 6.45) is 5.32. The zero-order chi connectivity index (χ0) is 24.4. The van der Waals surface area contributed by atoms with Crippen molar-refractivity contribution >= 4 is 41.3 Å². The maximum Gasteiger partial charge on any atom is 0.264 e. The summed E-state index contributed by atoms with van der Waals surface area (Å²) in [5, 5.41) is 0. The number of thioether (sulfide) groups is 1. The van der Waals surface area contributed by atoms with Crippen molar-refractivity contribution in [3.63, 3.8) is 0 Å². The number of aromatic nitrogens is 2. The molecule has 0 N–H and O–H groups in total. The Morgan fingerprint density at radius 3 is 2.43 bits per heavy atom. The normalized spacial score (nSPS) is 16.9. The summed E-state index contributed by atoms with van der Waals surface area (Å²) in [6.45, 7) is 2.53. The van der Waals surface area contributed by atoms with Crippen molar-refractivity contribution in [1.29, 1.82) is 0 Å². The van der Waals surface area contributed by atoms with Gasteiger partial charge in [0.25, 0.3) is 11.8 Å².